The van der Waals surface area contributed by atoms with Crippen LogP contribution in [0.4, 0.5) is 5.69 Å². The van der Waals surface area contributed by atoms with Gasteiger partial charge in [0.15, 0.2) is 10.8 Å². The molecule has 0 aliphatic rings. The summed E-state index contributed by atoms with van der Waals surface area (Å²) in [6.07, 6.45) is 0.104. The summed E-state index contributed by atoms with van der Waals surface area (Å²) in [5.74, 6) is 0.933. The maximum atomic E-state index is 12.4. The van der Waals surface area contributed by atoms with Crippen molar-refractivity contribution in [3.8, 4) is 10.8 Å². The number of thiazole rings is 1. The maximum absolute atomic E-state index is 12.4. The molecule has 0 unspecified atom stereocenters. The Morgan fingerprint density at radius 3 is 2.68 bits per heavy atom. The van der Waals surface area contributed by atoms with Crippen LogP contribution in [-0.2, 0) is 16.0 Å². The zero-order valence-corrected chi connectivity index (χ0v) is 17.5. The van der Waals surface area contributed by atoms with Gasteiger partial charge < -0.3 is 14.6 Å². The van der Waals surface area contributed by atoms with Crippen molar-refractivity contribution >= 4 is 52.0 Å². The van der Waals surface area contributed by atoms with E-state index in [1.54, 1.807) is 25.2 Å². The van der Waals surface area contributed by atoms with E-state index in [2.05, 4.69) is 10.3 Å². The largest absolute Gasteiger partial charge is 0.459 e. The number of likely N-dealkylation sites (N-methyl/N-ethyl adjacent to an activating group) is 1. The molecule has 3 aromatic rings. The van der Waals surface area contributed by atoms with Gasteiger partial charge in [0.05, 0.1) is 28.7 Å². The monoisotopic (exact) mass is 437 g/mol. The lowest BCUT2D eigenvalue weighted by Gasteiger charge is -2.16. The minimum absolute atomic E-state index is 0.0898. The van der Waals surface area contributed by atoms with Crippen LogP contribution in [0.15, 0.2) is 40.1 Å². The van der Waals surface area contributed by atoms with Gasteiger partial charge in [0, 0.05) is 18.1 Å². The van der Waals surface area contributed by atoms with Crippen molar-refractivity contribution in [2.75, 3.05) is 18.9 Å². The predicted molar refractivity (Wildman–Crippen MR) is 111 cm³/mol. The lowest BCUT2D eigenvalue weighted by molar-refractivity contribution is -0.132. The highest BCUT2D eigenvalue weighted by molar-refractivity contribution is 7.13. The molecular weight excluding hydrogens is 421 g/mol. The van der Waals surface area contributed by atoms with Gasteiger partial charge in [-0.05, 0) is 37.3 Å². The Morgan fingerprint density at radius 2 is 2.00 bits per heavy atom. The average Bonchev–Trinajstić information content (AvgIpc) is 3.27. The summed E-state index contributed by atoms with van der Waals surface area (Å²) >= 11 is 13.2. The van der Waals surface area contributed by atoms with E-state index in [0.717, 1.165) is 10.8 Å². The highest BCUT2D eigenvalue weighted by Gasteiger charge is 2.16. The van der Waals surface area contributed by atoms with Crippen LogP contribution < -0.4 is 5.32 Å². The zero-order chi connectivity index (χ0) is 20.3. The van der Waals surface area contributed by atoms with Gasteiger partial charge in [0.2, 0.25) is 11.8 Å². The van der Waals surface area contributed by atoms with Gasteiger partial charge in [-0.1, -0.05) is 23.2 Å². The second-order valence-electron chi connectivity index (χ2n) is 6.16. The highest BCUT2D eigenvalue weighted by Crippen LogP contribution is 2.26. The number of benzene rings is 1. The van der Waals surface area contributed by atoms with Crippen LogP contribution in [-0.4, -0.2) is 35.3 Å². The van der Waals surface area contributed by atoms with Gasteiger partial charge in [-0.3, -0.25) is 9.59 Å². The number of anilines is 1. The summed E-state index contributed by atoms with van der Waals surface area (Å²) in [6.45, 7) is 1.77. The topological polar surface area (TPSA) is 75.4 Å². The lowest BCUT2D eigenvalue weighted by atomic mass is 10.3. The number of rotatable bonds is 6. The van der Waals surface area contributed by atoms with Crippen molar-refractivity contribution in [3.05, 3.63) is 57.2 Å². The number of hydrogen-bond acceptors (Lipinski definition) is 5. The van der Waals surface area contributed by atoms with Gasteiger partial charge in [0.25, 0.3) is 0 Å². The third kappa shape index (κ3) is 5.13. The van der Waals surface area contributed by atoms with Crippen molar-refractivity contribution in [3.63, 3.8) is 0 Å². The molecule has 146 valence electrons. The Bertz CT molecular complexity index is 1020. The molecule has 3 rings (SSSR count). The number of aromatic nitrogens is 1. The van der Waals surface area contributed by atoms with Crippen LogP contribution >= 0.6 is 34.5 Å². The number of amides is 2. The Balaban J connectivity index is 1.54. The van der Waals surface area contributed by atoms with Gasteiger partial charge >= 0.3 is 0 Å². The molecule has 0 saturated carbocycles. The molecule has 2 aromatic heterocycles. The Hall–Kier alpha value is -2.35. The minimum Gasteiger partial charge on any atom is -0.459 e. The number of furan rings is 1. The van der Waals surface area contributed by atoms with E-state index in [1.165, 1.54) is 16.2 Å². The Kier molecular flexibility index (Phi) is 6.39. The fraction of sp³-hybridized carbons (Fsp3) is 0.211. The molecule has 2 heterocycles. The van der Waals surface area contributed by atoms with Crippen molar-refractivity contribution in [1.82, 2.24) is 9.88 Å². The van der Waals surface area contributed by atoms with E-state index >= 15 is 0 Å². The first kappa shape index (κ1) is 20.4. The second kappa shape index (κ2) is 8.77. The molecule has 0 saturated heterocycles. The van der Waals surface area contributed by atoms with Crippen molar-refractivity contribution in [1.29, 1.82) is 0 Å². The molecule has 9 heteroatoms. The molecule has 0 aliphatic heterocycles. The molecule has 0 aliphatic carbocycles. The number of nitrogens with zero attached hydrogens (tertiary/aromatic N) is 2. The van der Waals surface area contributed by atoms with Gasteiger partial charge in [-0.2, -0.15) is 0 Å². The van der Waals surface area contributed by atoms with Crippen LogP contribution in [0, 0.1) is 6.92 Å². The van der Waals surface area contributed by atoms with Crippen LogP contribution in [0.25, 0.3) is 10.8 Å². The standard InChI is InChI=1S/C19H17Cl2N3O3S/c1-11-3-6-16(27-11)19-23-13(10-28-19)8-18(26)24(2)9-17(25)22-12-4-5-14(20)15(21)7-12/h3-7,10H,8-9H2,1-2H3,(H,22,25). The van der Waals surface area contributed by atoms with Crippen LogP contribution in [0.5, 0.6) is 0 Å². The van der Waals surface area contributed by atoms with Crippen molar-refractivity contribution < 1.29 is 14.0 Å². The van der Waals surface area contributed by atoms with Crippen LogP contribution in [0.2, 0.25) is 10.0 Å². The van der Waals surface area contributed by atoms with Crippen molar-refractivity contribution in [2.45, 2.75) is 13.3 Å². The molecule has 0 atom stereocenters. The molecule has 0 radical (unpaired) electrons. The Labute approximate surface area is 176 Å². The van der Waals surface area contributed by atoms with Crippen LogP contribution in [0.1, 0.15) is 11.5 Å². The number of halogens is 2. The predicted octanol–water partition coefficient (Wildman–Crippen LogP) is 4.66. The van der Waals surface area contributed by atoms with Gasteiger partial charge in [-0.15, -0.1) is 11.3 Å². The summed E-state index contributed by atoms with van der Waals surface area (Å²) in [7, 11) is 1.57. The molecule has 1 aromatic carbocycles. The normalized spacial score (nSPS) is 10.7. The maximum Gasteiger partial charge on any atom is 0.243 e. The molecule has 0 fully saturated rings. The summed E-state index contributed by atoms with van der Waals surface area (Å²) < 4.78 is 5.54. The van der Waals surface area contributed by atoms with E-state index in [1.807, 2.05) is 24.4 Å². The van der Waals surface area contributed by atoms with Crippen LogP contribution in [0.3, 0.4) is 0 Å². The fourth-order valence-corrected chi connectivity index (χ4v) is 3.50. The van der Waals surface area contributed by atoms with E-state index in [-0.39, 0.29) is 24.8 Å². The molecule has 0 spiro atoms. The minimum atomic E-state index is -0.334. The quantitative estimate of drug-likeness (QED) is 0.608. The fourth-order valence-electron chi connectivity index (χ4n) is 2.42. The highest BCUT2D eigenvalue weighted by atomic mass is 35.5. The number of carbonyl (C=O) groups is 2. The zero-order valence-electron chi connectivity index (χ0n) is 15.2. The number of hydrogen-bond donors (Lipinski definition) is 1. The number of nitrogens with one attached hydrogen (secondary N) is 1. The first-order valence-corrected chi connectivity index (χ1v) is 9.95. The summed E-state index contributed by atoms with van der Waals surface area (Å²) in [5, 5.41) is 5.96. The van der Waals surface area contributed by atoms with E-state index in [0.29, 0.717) is 27.2 Å². The summed E-state index contributed by atoms with van der Waals surface area (Å²) in [5.41, 5.74) is 1.15. The first-order chi connectivity index (χ1) is 13.3. The van der Waals surface area contributed by atoms with Gasteiger partial charge in [-0.25, -0.2) is 4.98 Å². The lowest BCUT2D eigenvalue weighted by Crippen LogP contribution is -2.35. The second-order valence-corrected chi connectivity index (χ2v) is 7.83. The third-order valence-electron chi connectivity index (χ3n) is 3.85. The first-order valence-electron chi connectivity index (χ1n) is 8.32. The molecular formula is C19H17Cl2N3O3S. The van der Waals surface area contributed by atoms with E-state index in [9.17, 15) is 9.59 Å². The molecule has 28 heavy (non-hydrogen) atoms. The van der Waals surface area contributed by atoms with Crippen molar-refractivity contribution in [2.24, 2.45) is 0 Å². The number of carbonyl (C=O) groups excluding carboxylic acids is 2. The SMILES string of the molecule is Cc1ccc(-c2nc(CC(=O)N(C)CC(=O)Nc3ccc(Cl)c(Cl)c3)cs2)o1. The number of aryl methyl sites for hydroxylation is 1. The molecule has 6 nitrogen and oxygen atoms in total. The van der Waals surface area contributed by atoms with E-state index < -0.39 is 0 Å². The van der Waals surface area contributed by atoms with E-state index in [4.69, 9.17) is 27.6 Å². The molecule has 1 N–H and O–H groups in total. The smallest absolute Gasteiger partial charge is 0.243 e. The Morgan fingerprint density at radius 1 is 1.21 bits per heavy atom. The summed E-state index contributed by atoms with van der Waals surface area (Å²) in [4.78, 5) is 30.3. The average molecular weight is 438 g/mol. The molecule has 0 bridgehead atoms. The van der Waals surface area contributed by atoms with Gasteiger partial charge in [0.1, 0.15) is 5.76 Å². The molecule has 2 amide bonds. The third-order valence-corrected chi connectivity index (χ3v) is 5.49. The summed E-state index contributed by atoms with van der Waals surface area (Å²) in [6, 6.07) is 8.49.